The molecule has 0 bridgehead atoms. The van der Waals surface area contributed by atoms with Crippen molar-refractivity contribution in [1.29, 1.82) is 0 Å². The van der Waals surface area contributed by atoms with Crippen molar-refractivity contribution in [2.75, 3.05) is 13.2 Å². The molecule has 2 rings (SSSR count). The van der Waals surface area contributed by atoms with Gasteiger partial charge in [-0.1, -0.05) is 65.8 Å². The van der Waals surface area contributed by atoms with E-state index in [-0.39, 0.29) is 31.5 Å². The van der Waals surface area contributed by atoms with Gasteiger partial charge in [0.1, 0.15) is 5.92 Å². The van der Waals surface area contributed by atoms with Crippen molar-refractivity contribution in [1.82, 2.24) is 0 Å². The minimum Gasteiger partial charge on any atom is -0.465 e. The van der Waals surface area contributed by atoms with Gasteiger partial charge in [-0.25, -0.2) is 0 Å². The Balaban J connectivity index is 2.54. The Morgan fingerprint density at radius 1 is 0.969 bits per heavy atom. The van der Waals surface area contributed by atoms with E-state index >= 15 is 0 Å². The number of hydrogen-bond acceptors (Lipinski definition) is 6. The van der Waals surface area contributed by atoms with E-state index in [4.69, 9.17) is 9.47 Å². The molecular formula is C26H38O6. The first-order valence-electron chi connectivity index (χ1n) is 11.5. The second-order valence-corrected chi connectivity index (χ2v) is 10.4. The summed E-state index contributed by atoms with van der Waals surface area (Å²) in [6.07, 6.45) is -0.309. The molecule has 1 fully saturated rings. The van der Waals surface area contributed by atoms with Crippen LogP contribution in [0.5, 0.6) is 0 Å². The van der Waals surface area contributed by atoms with E-state index in [1.54, 1.807) is 0 Å². The fraction of sp³-hybridized carbons (Fsp3) is 0.654. The molecule has 32 heavy (non-hydrogen) atoms. The molecule has 0 aromatic heterocycles. The molecule has 0 aliphatic heterocycles. The van der Waals surface area contributed by atoms with Crippen LogP contribution in [0.2, 0.25) is 0 Å². The molecule has 1 aromatic rings. The summed E-state index contributed by atoms with van der Waals surface area (Å²) in [5.74, 6) is -4.26. The van der Waals surface area contributed by atoms with Gasteiger partial charge in [0.25, 0.3) is 0 Å². The van der Waals surface area contributed by atoms with Gasteiger partial charge >= 0.3 is 11.9 Å². The zero-order chi connectivity index (χ0) is 24.2. The molecule has 1 aromatic carbocycles. The van der Waals surface area contributed by atoms with Gasteiger partial charge in [0.05, 0.1) is 24.7 Å². The van der Waals surface area contributed by atoms with Crippen LogP contribution >= 0.6 is 0 Å². The molecule has 0 saturated heterocycles. The fourth-order valence-electron chi connectivity index (χ4n) is 4.20. The molecule has 1 saturated carbocycles. The van der Waals surface area contributed by atoms with Crippen molar-refractivity contribution in [2.24, 2.45) is 23.7 Å². The average Bonchev–Trinajstić information content (AvgIpc) is 2.69. The Labute approximate surface area is 191 Å². The summed E-state index contributed by atoms with van der Waals surface area (Å²) in [5, 5.41) is 11.2. The summed E-state index contributed by atoms with van der Waals surface area (Å²) < 4.78 is 10.9. The van der Waals surface area contributed by atoms with Gasteiger partial charge in [-0.15, -0.1) is 0 Å². The lowest BCUT2D eigenvalue weighted by Gasteiger charge is -2.43. The Hall–Kier alpha value is -2.21. The lowest BCUT2D eigenvalue weighted by atomic mass is 9.61. The maximum absolute atomic E-state index is 13.2. The first-order valence-corrected chi connectivity index (χ1v) is 11.5. The van der Waals surface area contributed by atoms with Gasteiger partial charge in [0.15, 0.2) is 5.78 Å². The number of carbonyl (C=O) groups is 3. The highest BCUT2D eigenvalue weighted by atomic mass is 16.5. The second kappa shape index (κ2) is 10.6. The van der Waals surface area contributed by atoms with E-state index < -0.39 is 41.1 Å². The van der Waals surface area contributed by atoms with Crippen LogP contribution in [0.15, 0.2) is 24.3 Å². The molecular weight excluding hydrogens is 408 g/mol. The Bertz CT molecular complexity index is 806. The van der Waals surface area contributed by atoms with Crippen molar-refractivity contribution >= 4 is 17.7 Å². The third kappa shape index (κ3) is 6.18. The monoisotopic (exact) mass is 446 g/mol. The summed E-state index contributed by atoms with van der Waals surface area (Å²) in [6, 6.07) is 7.53. The highest BCUT2D eigenvalue weighted by molar-refractivity contribution is 6.02. The van der Waals surface area contributed by atoms with Crippen LogP contribution in [0.3, 0.4) is 0 Å². The first kappa shape index (κ1) is 26.0. The van der Waals surface area contributed by atoms with Crippen molar-refractivity contribution in [3.63, 3.8) is 0 Å². The summed E-state index contributed by atoms with van der Waals surface area (Å²) in [4.78, 5) is 39.3. The van der Waals surface area contributed by atoms with Crippen LogP contribution in [-0.2, 0) is 23.9 Å². The van der Waals surface area contributed by atoms with Crippen molar-refractivity contribution in [3.05, 3.63) is 35.4 Å². The molecule has 0 radical (unpaired) electrons. The standard InChI is InChI=1S/C26H38O6/c1-15(2)13-31-24(28)22-20(27)12-26(7,30)23(25(29)32-14-16(3)4)21(22)19-10-8-18(9-11-19)17(5)6/h8-11,15-17,21-23,30H,12-14H2,1-7H3/t21-,22-,23+,26-/m1/s1. The summed E-state index contributed by atoms with van der Waals surface area (Å²) in [7, 11) is 0. The van der Waals surface area contributed by atoms with Crippen LogP contribution in [0.4, 0.5) is 0 Å². The van der Waals surface area contributed by atoms with Gasteiger partial charge in [-0.2, -0.15) is 0 Å². The van der Waals surface area contributed by atoms with E-state index in [1.165, 1.54) is 6.92 Å². The van der Waals surface area contributed by atoms with E-state index in [1.807, 2.05) is 52.0 Å². The zero-order valence-corrected chi connectivity index (χ0v) is 20.4. The molecule has 6 heteroatoms. The van der Waals surface area contributed by atoms with E-state index in [2.05, 4.69) is 13.8 Å². The Morgan fingerprint density at radius 2 is 1.47 bits per heavy atom. The SMILES string of the molecule is CC(C)COC(=O)[C@@H]1C(=O)C[C@@](C)(O)[C@H](C(=O)OCC(C)C)[C@@H]1c1ccc(C(C)C)cc1. The van der Waals surface area contributed by atoms with Crippen LogP contribution in [-0.4, -0.2) is 41.6 Å². The van der Waals surface area contributed by atoms with Gasteiger partial charge in [-0.05, 0) is 35.8 Å². The van der Waals surface area contributed by atoms with Gasteiger partial charge in [0, 0.05) is 12.3 Å². The maximum Gasteiger partial charge on any atom is 0.317 e. The summed E-state index contributed by atoms with van der Waals surface area (Å²) in [6.45, 7) is 13.7. The summed E-state index contributed by atoms with van der Waals surface area (Å²) in [5.41, 5.74) is 0.0997. The molecule has 6 nitrogen and oxygen atoms in total. The number of ether oxygens (including phenoxy) is 2. The minimum atomic E-state index is -1.64. The number of benzene rings is 1. The second-order valence-electron chi connectivity index (χ2n) is 10.4. The lowest BCUT2D eigenvalue weighted by Crippen LogP contribution is -2.55. The molecule has 1 aliphatic carbocycles. The van der Waals surface area contributed by atoms with Gasteiger partial charge in [0.2, 0.25) is 0 Å². The predicted octanol–water partition coefficient (Wildman–Crippen LogP) is 4.25. The Kier molecular flexibility index (Phi) is 8.63. The van der Waals surface area contributed by atoms with Gasteiger partial charge in [-0.3, -0.25) is 14.4 Å². The molecule has 0 spiro atoms. The molecule has 0 heterocycles. The largest absolute Gasteiger partial charge is 0.465 e. The maximum atomic E-state index is 13.2. The van der Waals surface area contributed by atoms with Crippen LogP contribution in [0.1, 0.15) is 77.8 Å². The Morgan fingerprint density at radius 3 is 1.94 bits per heavy atom. The third-order valence-corrected chi connectivity index (χ3v) is 5.88. The van der Waals surface area contributed by atoms with Crippen LogP contribution in [0.25, 0.3) is 0 Å². The number of aliphatic hydroxyl groups is 1. The number of carbonyl (C=O) groups excluding carboxylic acids is 3. The van der Waals surface area contributed by atoms with Crippen molar-refractivity contribution in [2.45, 2.75) is 72.3 Å². The fourth-order valence-corrected chi connectivity index (χ4v) is 4.20. The predicted molar refractivity (Wildman–Crippen MR) is 122 cm³/mol. The van der Waals surface area contributed by atoms with E-state index in [0.29, 0.717) is 11.5 Å². The minimum absolute atomic E-state index is 0.108. The number of Topliss-reactive ketones (excluding diaryl/α,β-unsaturated/α-hetero) is 1. The first-order chi connectivity index (χ1) is 14.8. The van der Waals surface area contributed by atoms with Crippen LogP contribution < -0.4 is 0 Å². The number of ketones is 1. The molecule has 178 valence electrons. The summed E-state index contributed by atoms with van der Waals surface area (Å²) >= 11 is 0. The highest BCUT2D eigenvalue weighted by Gasteiger charge is 2.57. The third-order valence-electron chi connectivity index (χ3n) is 5.88. The quantitative estimate of drug-likeness (QED) is 0.474. The van der Waals surface area contributed by atoms with E-state index in [0.717, 1.165) is 5.56 Å². The molecule has 1 N–H and O–H groups in total. The highest BCUT2D eigenvalue weighted by Crippen LogP contribution is 2.47. The zero-order valence-electron chi connectivity index (χ0n) is 20.4. The average molecular weight is 447 g/mol. The topological polar surface area (TPSA) is 89.9 Å². The number of hydrogen-bond donors (Lipinski definition) is 1. The number of rotatable bonds is 8. The normalized spacial score (nSPS) is 26.0. The molecule has 1 aliphatic rings. The molecule has 4 atom stereocenters. The van der Waals surface area contributed by atoms with Crippen LogP contribution in [0, 0.1) is 23.7 Å². The smallest absolute Gasteiger partial charge is 0.317 e. The lowest BCUT2D eigenvalue weighted by molar-refractivity contribution is -0.173. The molecule has 0 amide bonds. The van der Waals surface area contributed by atoms with E-state index in [9.17, 15) is 19.5 Å². The molecule has 0 unspecified atom stereocenters. The van der Waals surface area contributed by atoms with Crippen molar-refractivity contribution in [3.8, 4) is 0 Å². The van der Waals surface area contributed by atoms with Gasteiger partial charge < -0.3 is 14.6 Å². The van der Waals surface area contributed by atoms with Crippen molar-refractivity contribution < 1.29 is 29.0 Å². The number of esters is 2.